The minimum Gasteiger partial charge on any atom is -0.338 e. The van der Waals surface area contributed by atoms with Crippen molar-refractivity contribution in [1.29, 1.82) is 0 Å². The number of hydrogen-bond acceptors (Lipinski definition) is 5. The van der Waals surface area contributed by atoms with E-state index in [0.717, 1.165) is 25.3 Å². The highest BCUT2D eigenvalue weighted by Crippen LogP contribution is 2.33. The highest BCUT2D eigenvalue weighted by atomic mass is 35.5. The van der Waals surface area contributed by atoms with Crippen molar-refractivity contribution in [3.8, 4) is 0 Å². The monoisotopic (exact) mass is 316 g/mol. The lowest BCUT2D eigenvalue weighted by Gasteiger charge is -2.44. The van der Waals surface area contributed by atoms with Crippen LogP contribution in [-0.4, -0.2) is 34.2 Å². The molecule has 1 fully saturated rings. The summed E-state index contributed by atoms with van der Waals surface area (Å²) in [6.45, 7) is 14.8. The van der Waals surface area contributed by atoms with Crippen LogP contribution in [0, 0.1) is 5.41 Å². The zero-order valence-corrected chi connectivity index (χ0v) is 14.8. The third-order valence-electron chi connectivity index (χ3n) is 4.36. The summed E-state index contributed by atoms with van der Waals surface area (Å²) in [5.74, 6) is 1.48. The second-order valence-corrected chi connectivity index (χ2v) is 7.74. The first-order valence-electron chi connectivity index (χ1n) is 7.45. The zero-order valence-electron chi connectivity index (χ0n) is 14.0. The van der Waals surface area contributed by atoms with Gasteiger partial charge in [-0.05, 0) is 18.8 Å². The quantitative estimate of drug-likeness (QED) is 0.908. The molecule has 0 radical (unpaired) electrons. The summed E-state index contributed by atoms with van der Waals surface area (Å²) in [6.07, 6.45) is 1.01. The Labute approximate surface area is 134 Å². The van der Waals surface area contributed by atoms with E-state index in [0.29, 0.717) is 5.89 Å². The molecule has 0 spiro atoms. The van der Waals surface area contributed by atoms with Crippen LogP contribution in [0.5, 0.6) is 0 Å². The van der Waals surface area contributed by atoms with Gasteiger partial charge < -0.3 is 10.3 Å². The van der Waals surface area contributed by atoms with Gasteiger partial charge in [0.1, 0.15) is 0 Å². The standard InChI is InChI=1S/C15H28N4O.ClH/c1-10(12-17-13(18-20-12)14(2,3)4)19-8-7-11(16)15(5,6)9-19;/h10-11H,7-9,16H2,1-6H3;1H. The van der Waals surface area contributed by atoms with E-state index in [9.17, 15) is 0 Å². The van der Waals surface area contributed by atoms with Gasteiger partial charge in [-0.15, -0.1) is 12.4 Å². The Balaban J connectivity index is 0.00000220. The average molecular weight is 317 g/mol. The van der Waals surface area contributed by atoms with Gasteiger partial charge >= 0.3 is 0 Å². The molecule has 1 aliphatic heterocycles. The van der Waals surface area contributed by atoms with Crippen molar-refractivity contribution < 1.29 is 4.52 Å². The SMILES string of the molecule is CC(c1nc(C(C)(C)C)no1)N1CCC(N)C(C)(C)C1.Cl. The summed E-state index contributed by atoms with van der Waals surface area (Å²) in [4.78, 5) is 6.96. The molecular weight excluding hydrogens is 288 g/mol. The number of piperidine rings is 1. The lowest BCUT2D eigenvalue weighted by Crippen LogP contribution is -2.52. The Bertz CT molecular complexity index is 466. The molecule has 2 unspecified atom stereocenters. The summed E-state index contributed by atoms with van der Waals surface area (Å²) >= 11 is 0. The predicted octanol–water partition coefficient (Wildman–Crippen LogP) is 2.91. The summed E-state index contributed by atoms with van der Waals surface area (Å²) < 4.78 is 5.47. The first-order valence-corrected chi connectivity index (χ1v) is 7.45. The van der Waals surface area contributed by atoms with E-state index in [1.165, 1.54) is 0 Å². The molecule has 2 rings (SSSR count). The molecular formula is C15H29ClN4O. The molecule has 6 heteroatoms. The van der Waals surface area contributed by atoms with E-state index in [-0.39, 0.29) is 35.3 Å². The Kier molecular flexibility index (Phi) is 5.45. The van der Waals surface area contributed by atoms with Crippen LogP contribution in [0.1, 0.15) is 65.7 Å². The summed E-state index contributed by atoms with van der Waals surface area (Å²) in [5, 5.41) is 4.12. The molecule has 0 amide bonds. The number of nitrogens with two attached hydrogens (primary N) is 1. The minimum atomic E-state index is -0.0784. The van der Waals surface area contributed by atoms with Crippen LogP contribution in [0.15, 0.2) is 4.52 Å². The van der Waals surface area contributed by atoms with Crippen LogP contribution in [0.3, 0.4) is 0 Å². The number of halogens is 1. The van der Waals surface area contributed by atoms with Crippen LogP contribution in [0.4, 0.5) is 0 Å². The summed E-state index contributed by atoms with van der Waals surface area (Å²) in [6, 6.07) is 0.407. The van der Waals surface area contributed by atoms with Crippen molar-refractivity contribution >= 4 is 12.4 Å². The molecule has 0 aromatic carbocycles. The highest BCUT2D eigenvalue weighted by Gasteiger charge is 2.37. The molecule has 0 aliphatic carbocycles. The van der Waals surface area contributed by atoms with Gasteiger partial charge in [0.25, 0.3) is 0 Å². The van der Waals surface area contributed by atoms with Crippen LogP contribution >= 0.6 is 12.4 Å². The van der Waals surface area contributed by atoms with Gasteiger partial charge in [-0.1, -0.05) is 39.8 Å². The van der Waals surface area contributed by atoms with Gasteiger partial charge in [0.2, 0.25) is 5.89 Å². The lowest BCUT2D eigenvalue weighted by atomic mass is 9.79. The Morgan fingerprint density at radius 1 is 1.38 bits per heavy atom. The fourth-order valence-corrected chi connectivity index (χ4v) is 2.61. The largest absolute Gasteiger partial charge is 0.338 e. The van der Waals surface area contributed by atoms with Crippen molar-refractivity contribution in [2.24, 2.45) is 11.1 Å². The Morgan fingerprint density at radius 3 is 2.48 bits per heavy atom. The zero-order chi connectivity index (χ0) is 15.1. The molecule has 2 N–H and O–H groups in total. The van der Waals surface area contributed by atoms with Crippen molar-refractivity contribution in [3.63, 3.8) is 0 Å². The first-order chi connectivity index (χ1) is 9.11. The molecule has 0 bridgehead atoms. The second-order valence-electron chi connectivity index (χ2n) is 7.74. The van der Waals surface area contributed by atoms with Gasteiger partial charge in [-0.3, -0.25) is 4.90 Å². The number of nitrogens with zero attached hydrogens (tertiary/aromatic N) is 3. The first kappa shape index (κ1) is 18.4. The fourth-order valence-electron chi connectivity index (χ4n) is 2.61. The molecule has 2 atom stereocenters. The molecule has 122 valence electrons. The van der Waals surface area contributed by atoms with E-state index in [1.54, 1.807) is 0 Å². The molecule has 1 saturated heterocycles. The van der Waals surface area contributed by atoms with Gasteiger partial charge in [-0.25, -0.2) is 0 Å². The van der Waals surface area contributed by atoms with Crippen LogP contribution in [-0.2, 0) is 5.41 Å². The average Bonchev–Trinajstić information content (AvgIpc) is 2.80. The van der Waals surface area contributed by atoms with Crippen molar-refractivity contribution in [2.45, 2.75) is 65.5 Å². The Morgan fingerprint density at radius 2 is 2.00 bits per heavy atom. The van der Waals surface area contributed by atoms with E-state index in [1.807, 2.05) is 0 Å². The summed E-state index contributed by atoms with van der Waals surface area (Å²) in [5.41, 5.74) is 6.24. The highest BCUT2D eigenvalue weighted by molar-refractivity contribution is 5.85. The third kappa shape index (κ3) is 3.96. The minimum absolute atomic E-state index is 0. The lowest BCUT2D eigenvalue weighted by molar-refractivity contribution is 0.0549. The molecule has 21 heavy (non-hydrogen) atoms. The van der Waals surface area contributed by atoms with Gasteiger partial charge in [-0.2, -0.15) is 4.98 Å². The van der Waals surface area contributed by atoms with Crippen LogP contribution in [0.25, 0.3) is 0 Å². The smallest absolute Gasteiger partial charge is 0.243 e. The van der Waals surface area contributed by atoms with Gasteiger partial charge in [0.05, 0.1) is 6.04 Å². The van der Waals surface area contributed by atoms with Crippen molar-refractivity contribution in [1.82, 2.24) is 15.0 Å². The van der Waals surface area contributed by atoms with Crippen LogP contribution < -0.4 is 5.73 Å². The van der Waals surface area contributed by atoms with E-state index in [4.69, 9.17) is 10.3 Å². The molecule has 0 saturated carbocycles. The number of hydrogen-bond donors (Lipinski definition) is 1. The number of aromatic nitrogens is 2. The fraction of sp³-hybridized carbons (Fsp3) is 0.867. The topological polar surface area (TPSA) is 68.2 Å². The number of rotatable bonds is 2. The van der Waals surface area contributed by atoms with Gasteiger partial charge in [0, 0.05) is 24.5 Å². The maximum atomic E-state index is 6.20. The maximum absolute atomic E-state index is 6.20. The molecule has 1 aliphatic rings. The second kappa shape index (κ2) is 6.23. The van der Waals surface area contributed by atoms with Crippen LogP contribution in [0.2, 0.25) is 0 Å². The van der Waals surface area contributed by atoms with E-state index in [2.05, 4.69) is 56.6 Å². The predicted molar refractivity (Wildman–Crippen MR) is 86.6 cm³/mol. The van der Waals surface area contributed by atoms with E-state index < -0.39 is 0 Å². The molecule has 5 nitrogen and oxygen atoms in total. The normalized spacial score (nSPS) is 24.4. The van der Waals surface area contributed by atoms with E-state index >= 15 is 0 Å². The van der Waals surface area contributed by atoms with Crippen molar-refractivity contribution in [2.75, 3.05) is 13.1 Å². The molecule has 1 aromatic rings. The van der Waals surface area contributed by atoms with Crippen molar-refractivity contribution in [3.05, 3.63) is 11.7 Å². The Hall–Kier alpha value is -0.650. The van der Waals surface area contributed by atoms with Gasteiger partial charge in [0.15, 0.2) is 5.82 Å². The third-order valence-corrected chi connectivity index (χ3v) is 4.36. The summed E-state index contributed by atoms with van der Waals surface area (Å²) in [7, 11) is 0. The maximum Gasteiger partial charge on any atom is 0.243 e. The molecule has 1 aromatic heterocycles. The number of likely N-dealkylation sites (tertiary alicyclic amines) is 1. The molecule has 2 heterocycles.